The number of nitrogens with one attached hydrogen (secondary N) is 1. The van der Waals surface area contributed by atoms with Gasteiger partial charge in [0.05, 0.1) is 5.92 Å². The predicted molar refractivity (Wildman–Crippen MR) is 91.3 cm³/mol. The summed E-state index contributed by atoms with van der Waals surface area (Å²) in [6, 6.07) is 6.61. The summed E-state index contributed by atoms with van der Waals surface area (Å²) in [6.07, 6.45) is 2.32. The molecule has 1 aromatic carbocycles. The molecule has 2 atom stereocenters. The van der Waals surface area contributed by atoms with Crippen molar-refractivity contribution >= 4 is 24.0 Å². The summed E-state index contributed by atoms with van der Waals surface area (Å²) in [7, 11) is 0. The second-order valence-corrected chi connectivity index (χ2v) is 5.73. The van der Waals surface area contributed by atoms with Crippen molar-refractivity contribution in [3.8, 4) is 0 Å². The van der Waals surface area contributed by atoms with Crippen molar-refractivity contribution < 1.29 is 4.79 Å². The van der Waals surface area contributed by atoms with Gasteiger partial charge in [-0.15, -0.1) is 12.4 Å². The van der Waals surface area contributed by atoms with Crippen LogP contribution in [0.2, 0.25) is 0 Å². The summed E-state index contributed by atoms with van der Waals surface area (Å²) >= 11 is 0. The van der Waals surface area contributed by atoms with E-state index >= 15 is 0 Å². The summed E-state index contributed by atoms with van der Waals surface area (Å²) in [5, 5.41) is 2.99. The number of nitrogens with zero attached hydrogens (tertiary/aromatic N) is 1. The Morgan fingerprint density at radius 3 is 2.43 bits per heavy atom. The fraction of sp³-hybridized carbons (Fsp3) is 0.588. The fourth-order valence-electron chi connectivity index (χ4n) is 3.18. The SMILES string of the molecule is CCCN(CCC)C(C)c1cccc2c1C(C)C(=O)N2.Cl. The fourth-order valence-corrected chi connectivity index (χ4v) is 3.18. The number of carbonyl (C=O) groups excluding carboxylic acids is 1. The molecule has 0 aromatic heterocycles. The van der Waals surface area contributed by atoms with Crippen molar-refractivity contribution in [3.63, 3.8) is 0 Å². The molecule has 1 amide bonds. The van der Waals surface area contributed by atoms with Gasteiger partial charge in [-0.05, 0) is 57.0 Å². The molecule has 3 nitrogen and oxygen atoms in total. The molecule has 0 fully saturated rings. The Kier molecular flexibility index (Phi) is 6.69. The second-order valence-electron chi connectivity index (χ2n) is 5.73. The Bertz CT molecular complexity index is 484. The molecule has 2 unspecified atom stereocenters. The van der Waals surface area contributed by atoms with Crippen molar-refractivity contribution in [2.75, 3.05) is 18.4 Å². The number of benzene rings is 1. The number of hydrogen-bond donors (Lipinski definition) is 1. The van der Waals surface area contributed by atoms with Gasteiger partial charge >= 0.3 is 0 Å². The molecule has 0 bridgehead atoms. The maximum Gasteiger partial charge on any atom is 0.231 e. The van der Waals surface area contributed by atoms with Crippen LogP contribution in [0.4, 0.5) is 5.69 Å². The van der Waals surface area contributed by atoms with E-state index in [-0.39, 0.29) is 24.2 Å². The molecule has 2 rings (SSSR count). The average molecular weight is 311 g/mol. The van der Waals surface area contributed by atoms with Crippen molar-refractivity contribution in [2.45, 2.75) is 52.5 Å². The van der Waals surface area contributed by atoms with Gasteiger partial charge < -0.3 is 5.32 Å². The molecule has 21 heavy (non-hydrogen) atoms. The molecule has 1 aliphatic rings. The van der Waals surface area contributed by atoms with Crippen molar-refractivity contribution in [1.82, 2.24) is 4.90 Å². The highest BCUT2D eigenvalue weighted by atomic mass is 35.5. The zero-order valence-corrected chi connectivity index (χ0v) is 14.3. The van der Waals surface area contributed by atoms with Gasteiger partial charge in [-0.25, -0.2) is 0 Å². The minimum atomic E-state index is -0.0336. The van der Waals surface area contributed by atoms with E-state index in [1.807, 2.05) is 13.0 Å². The van der Waals surface area contributed by atoms with Gasteiger partial charge in [0.15, 0.2) is 0 Å². The van der Waals surface area contributed by atoms with Crippen LogP contribution in [0.1, 0.15) is 63.6 Å². The van der Waals surface area contributed by atoms with Crippen LogP contribution in [-0.4, -0.2) is 23.9 Å². The average Bonchev–Trinajstić information content (AvgIpc) is 2.73. The van der Waals surface area contributed by atoms with E-state index in [0.29, 0.717) is 6.04 Å². The van der Waals surface area contributed by atoms with E-state index in [9.17, 15) is 4.79 Å². The molecule has 1 N–H and O–H groups in total. The summed E-state index contributed by atoms with van der Waals surface area (Å²) < 4.78 is 0. The lowest BCUT2D eigenvalue weighted by molar-refractivity contribution is -0.116. The Labute approximate surface area is 134 Å². The van der Waals surface area contributed by atoms with Gasteiger partial charge in [0, 0.05) is 11.7 Å². The van der Waals surface area contributed by atoms with E-state index < -0.39 is 0 Å². The van der Waals surface area contributed by atoms with Crippen LogP contribution >= 0.6 is 12.4 Å². The molecule has 1 heterocycles. The molecule has 1 aromatic rings. The maximum absolute atomic E-state index is 11.9. The van der Waals surface area contributed by atoms with Gasteiger partial charge in [0.1, 0.15) is 0 Å². The van der Waals surface area contributed by atoms with Gasteiger partial charge in [-0.3, -0.25) is 9.69 Å². The van der Waals surface area contributed by atoms with Gasteiger partial charge in [0.25, 0.3) is 0 Å². The maximum atomic E-state index is 11.9. The third kappa shape index (κ3) is 3.58. The number of anilines is 1. The molecule has 1 aliphatic heterocycles. The topological polar surface area (TPSA) is 32.3 Å². The highest BCUT2D eigenvalue weighted by Gasteiger charge is 2.31. The summed E-state index contributed by atoms with van der Waals surface area (Å²) in [5.41, 5.74) is 3.50. The third-order valence-electron chi connectivity index (χ3n) is 4.24. The Morgan fingerprint density at radius 1 is 1.24 bits per heavy atom. The van der Waals surface area contributed by atoms with Crippen LogP contribution in [0.3, 0.4) is 0 Å². The Morgan fingerprint density at radius 2 is 1.86 bits per heavy atom. The normalized spacial score (nSPS) is 18.1. The molecule has 0 radical (unpaired) electrons. The van der Waals surface area contributed by atoms with Crippen molar-refractivity contribution in [2.24, 2.45) is 0 Å². The van der Waals surface area contributed by atoms with Gasteiger partial charge in [-0.1, -0.05) is 26.0 Å². The molecule has 0 aliphatic carbocycles. The Hall–Kier alpha value is -1.06. The lowest BCUT2D eigenvalue weighted by atomic mass is 9.92. The highest BCUT2D eigenvalue weighted by molar-refractivity contribution is 6.03. The first-order chi connectivity index (χ1) is 9.60. The third-order valence-corrected chi connectivity index (χ3v) is 4.24. The highest BCUT2D eigenvalue weighted by Crippen LogP contribution is 2.38. The second kappa shape index (κ2) is 7.81. The first-order valence-electron chi connectivity index (χ1n) is 7.77. The first-order valence-corrected chi connectivity index (χ1v) is 7.77. The molecular weight excluding hydrogens is 284 g/mol. The number of rotatable bonds is 6. The van der Waals surface area contributed by atoms with E-state index in [4.69, 9.17) is 0 Å². The molecular formula is C17H27ClN2O. The zero-order chi connectivity index (χ0) is 14.7. The van der Waals surface area contributed by atoms with E-state index in [0.717, 1.165) is 31.6 Å². The van der Waals surface area contributed by atoms with Crippen LogP contribution in [0, 0.1) is 0 Å². The van der Waals surface area contributed by atoms with Crippen molar-refractivity contribution in [1.29, 1.82) is 0 Å². The number of halogens is 1. The molecule has 0 saturated carbocycles. The largest absolute Gasteiger partial charge is 0.325 e. The molecule has 0 spiro atoms. The van der Waals surface area contributed by atoms with Crippen LogP contribution in [0.15, 0.2) is 18.2 Å². The quantitative estimate of drug-likeness (QED) is 0.847. The number of fused-ring (bicyclic) bond motifs is 1. The smallest absolute Gasteiger partial charge is 0.231 e. The monoisotopic (exact) mass is 310 g/mol. The van der Waals surface area contributed by atoms with Crippen LogP contribution in [0.25, 0.3) is 0 Å². The minimum Gasteiger partial charge on any atom is -0.325 e. The zero-order valence-electron chi connectivity index (χ0n) is 13.5. The number of carbonyl (C=O) groups is 1. The first kappa shape index (κ1) is 18.0. The molecule has 4 heteroatoms. The van der Waals surface area contributed by atoms with Crippen LogP contribution in [0.5, 0.6) is 0 Å². The lowest BCUT2D eigenvalue weighted by Crippen LogP contribution is -2.29. The van der Waals surface area contributed by atoms with Crippen LogP contribution in [-0.2, 0) is 4.79 Å². The van der Waals surface area contributed by atoms with E-state index in [2.05, 4.69) is 43.1 Å². The number of amides is 1. The van der Waals surface area contributed by atoms with Gasteiger partial charge in [0.2, 0.25) is 5.91 Å². The lowest BCUT2D eigenvalue weighted by Gasteiger charge is -2.30. The van der Waals surface area contributed by atoms with Crippen molar-refractivity contribution in [3.05, 3.63) is 29.3 Å². The standard InChI is InChI=1S/C17H26N2O.ClH/c1-5-10-19(11-6-2)13(4)14-8-7-9-15-16(14)12(3)17(20)18-15;/h7-9,12-13H,5-6,10-11H2,1-4H3,(H,18,20);1H. The van der Waals surface area contributed by atoms with Crippen LogP contribution < -0.4 is 5.32 Å². The summed E-state index contributed by atoms with van der Waals surface area (Å²) in [4.78, 5) is 14.4. The summed E-state index contributed by atoms with van der Waals surface area (Å²) in [5.74, 6) is 0.0888. The van der Waals surface area contributed by atoms with E-state index in [1.165, 1.54) is 11.1 Å². The summed E-state index contributed by atoms with van der Waals surface area (Å²) in [6.45, 7) is 10.9. The van der Waals surface area contributed by atoms with E-state index in [1.54, 1.807) is 0 Å². The molecule has 0 saturated heterocycles. The molecule has 118 valence electrons. The Balaban J connectivity index is 0.00000220. The minimum absolute atomic E-state index is 0. The predicted octanol–water partition coefficient (Wildman–Crippen LogP) is 4.35. The number of hydrogen-bond acceptors (Lipinski definition) is 2. The van der Waals surface area contributed by atoms with Gasteiger partial charge in [-0.2, -0.15) is 0 Å².